The van der Waals surface area contributed by atoms with Crippen molar-refractivity contribution in [1.82, 2.24) is 0 Å². The fourth-order valence-electron chi connectivity index (χ4n) is 11.5. The smallest absolute Gasteiger partial charge is 0.193 e. The molecule has 6 fully saturated rings. The number of carbonyl (C=O) groups excluding carboxylic acids is 1. The summed E-state index contributed by atoms with van der Waals surface area (Å²) in [5, 5.41) is 0.0579. The SMILES string of the molecule is C=C1C[C@H](CCC2OCCO2)O[C@H]1CC[C@H]1C[C@@H](C)C(=C)[C@@H](C[C@@H]2O[C@H](C[C@H](C)CC)[C@H](C)[C@H]2CC(=O)C[C@H]2CC[C@@H]3O[C@@H]([C@H](/C=C/I)O[Si](C)(C)C(C)(C)C)[C@@H](O[Si](C)(C)C(C)(C)C)[C@@H](C)[C@H]3O2)O1. The topological polar surface area (TPSA) is 100 Å². The minimum atomic E-state index is -2.24. The van der Waals surface area contributed by atoms with Crippen molar-refractivity contribution in [2.75, 3.05) is 13.2 Å². The molecule has 17 atom stereocenters. The van der Waals surface area contributed by atoms with Gasteiger partial charge in [-0.25, -0.2) is 0 Å². The zero-order valence-corrected chi connectivity index (χ0v) is 50.7. The Labute approximate surface area is 442 Å². The Morgan fingerprint density at radius 1 is 0.800 bits per heavy atom. The predicted molar refractivity (Wildman–Crippen MR) is 295 cm³/mol. The van der Waals surface area contributed by atoms with Gasteiger partial charge in [0, 0.05) is 31.6 Å². The van der Waals surface area contributed by atoms with Gasteiger partial charge in [-0.3, -0.25) is 4.79 Å². The first-order valence-corrected chi connectivity index (χ1v) is 34.8. The van der Waals surface area contributed by atoms with Gasteiger partial charge in [-0.05, 0) is 133 Å². The molecule has 6 saturated heterocycles. The molecular formula is C57H99IO10Si2. The summed E-state index contributed by atoms with van der Waals surface area (Å²) in [7, 11) is -4.41. The van der Waals surface area contributed by atoms with Gasteiger partial charge in [0.25, 0.3) is 0 Å². The predicted octanol–water partition coefficient (Wildman–Crippen LogP) is 13.9. The Kier molecular flexibility index (Phi) is 20.9. The molecule has 0 aromatic rings. The van der Waals surface area contributed by atoms with E-state index in [4.69, 9.17) is 42.0 Å². The van der Waals surface area contributed by atoms with Crippen molar-refractivity contribution in [3.8, 4) is 0 Å². The fraction of sp³-hybridized carbons (Fsp3) is 0.877. The molecule has 6 rings (SSSR count). The van der Waals surface area contributed by atoms with E-state index in [2.05, 4.69) is 148 Å². The van der Waals surface area contributed by atoms with Crippen LogP contribution in [0.5, 0.6) is 0 Å². The van der Waals surface area contributed by atoms with Crippen molar-refractivity contribution in [2.24, 2.45) is 29.6 Å². The summed E-state index contributed by atoms with van der Waals surface area (Å²) in [6.45, 7) is 44.9. The molecular weight excluding hydrogens is 1030 g/mol. The number of hydrogen-bond donors (Lipinski definition) is 0. The number of ether oxygens (including phenoxy) is 7. The van der Waals surface area contributed by atoms with Gasteiger partial charge in [0.05, 0.1) is 80.4 Å². The summed E-state index contributed by atoms with van der Waals surface area (Å²) in [5.74, 6) is 1.54. The molecule has 0 aromatic carbocycles. The van der Waals surface area contributed by atoms with Gasteiger partial charge in [0.15, 0.2) is 22.9 Å². The molecule has 0 aromatic heterocycles. The number of carbonyl (C=O) groups is 1. The van der Waals surface area contributed by atoms with Crippen LogP contribution in [0.3, 0.4) is 0 Å². The van der Waals surface area contributed by atoms with E-state index in [-0.39, 0.29) is 113 Å². The molecule has 0 aliphatic carbocycles. The molecule has 6 aliphatic rings. The molecule has 0 spiro atoms. The third-order valence-corrected chi connectivity index (χ3v) is 27.9. The molecule has 0 N–H and O–H groups in total. The number of Topliss-reactive ketones (excluding diaryl/α,β-unsaturated/α-hetero) is 1. The molecule has 0 saturated carbocycles. The highest BCUT2D eigenvalue weighted by Crippen LogP contribution is 2.47. The van der Waals surface area contributed by atoms with E-state index in [0.717, 1.165) is 76.2 Å². The van der Waals surface area contributed by atoms with Gasteiger partial charge in [-0.2, -0.15) is 0 Å². The minimum absolute atomic E-state index is 0.0144. The summed E-state index contributed by atoms with van der Waals surface area (Å²) in [6.07, 6.45) is 11.9. The van der Waals surface area contributed by atoms with E-state index in [1.807, 2.05) is 0 Å². The molecule has 0 amide bonds. The molecule has 0 unspecified atom stereocenters. The highest BCUT2D eigenvalue weighted by Gasteiger charge is 2.54. The first kappa shape index (κ1) is 58.9. The monoisotopic (exact) mass is 1130 g/mol. The van der Waals surface area contributed by atoms with Crippen LogP contribution in [0.1, 0.15) is 160 Å². The fourth-order valence-corrected chi connectivity index (χ4v) is 14.6. The van der Waals surface area contributed by atoms with E-state index >= 15 is 0 Å². The molecule has 13 heteroatoms. The van der Waals surface area contributed by atoms with Crippen LogP contribution in [0.4, 0.5) is 0 Å². The van der Waals surface area contributed by atoms with E-state index < -0.39 is 16.6 Å². The third-order valence-electron chi connectivity index (χ3n) is 18.5. The second kappa shape index (κ2) is 24.8. The van der Waals surface area contributed by atoms with Crippen LogP contribution in [0, 0.1) is 29.6 Å². The Hall–Kier alpha value is -0.306. The molecule has 70 heavy (non-hydrogen) atoms. The van der Waals surface area contributed by atoms with Gasteiger partial charge in [-0.15, -0.1) is 0 Å². The zero-order chi connectivity index (χ0) is 51.5. The average Bonchev–Trinajstić information content (AvgIpc) is 4.00. The number of hydrogen-bond acceptors (Lipinski definition) is 10. The number of rotatable bonds is 21. The number of ketones is 1. The van der Waals surface area contributed by atoms with Crippen molar-refractivity contribution in [2.45, 2.75) is 275 Å². The summed E-state index contributed by atoms with van der Waals surface area (Å²) in [6, 6.07) is 0. The largest absolute Gasteiger partial charge is 0.411 e. The van der Waals surface area contributed by atoms with Gasteiger partial charge >= 0.3 is 0 Å². The second-order valence-corrected chi connectivity index (χ2v) is 36.1. The maximum absolute atomic E-state index is 14.5. The minimum Gasteiger partial charge on any atom is -0.411 e. The molecule has 402 valence electrons. The Morgan fingerprint density at radius 3 is 2.10 bits per heavy atom. The van der Waals surface area contributed by atoms with Gasteiger partial charge in [0.2, 0.25) is 0 Å². The van der Waals surface area contributed by atoms with Crippen LogP contribution in [0.15, 0.2) is 34.5 Å². The van der Waals surface area contributed by atoms with Crippen LogP contribution < -0.4 is 0 Å². The lowest BCUT2D eigenvalue weighted by Crippen LogP contribution is -2.64. The van der Waals surface area contributed by atoms with Gasteiger partial charge < -0.3 is 42.0 Å². The molecule has 6 heterocycles. The summed E-state index contributed by atoms with van der Waals surface area (Å²) >= 11 is 2.32. The lowest BCUT2D eigenvalue weighted by Gasteiger charge is -2.54. The summed E-state index contributed by atoms with van der Waals surface area (Å²) < 4.78 is 62.8. The van der Waals surface area contributed by atoms with Gasteiger partial charge in [-0.1, -0.05) is 118 Å². The van der Waals surface area contributed by atoms with Crippen molar-refractivity contribution in [3.63, 3.8) is 0 Å². The lowest BCUT2D eigenvalue weighted by atomic mass is 9.78. The quantitative estimate of drug-likeness (QED) is 0.0627. The van der Waals surface area contributed by atoms with Crippen molar-refractivity contribution >= 4 is 45.0 Å². The maximum atomic E-state index is 14.5. The second-order valence-electron chi connectivity index (χ2n) is 25.9. The average molecular weight is 1130 g/mol. The van der Waals surface area contributed by atoms with Crippen molar-refractivity contribution < 1.29 is 46.8 Å². The Balaban J connectivity index is 1.11. The summed E-state index contributed by atoms with van der Waals surface area (Å²) in [5.41, 5.74) is 2.33. The van der Waals surface area contributed by atoms with Crippen molar-refractivity contribution in [3.05, 3.63) is 34.5 Å². The maximum Gasteiger partial charge on any atom is 0.193 e. The molecule has 6 aliphatic heterocycles. The van der Waals surface area contributed by atoms with E-state index in [1.54, 1.807) is 0 Å². The Morgan fingerprint density at radius 2 is 1.46 bits per heavy atom. The molecule has 10 nitrogen and oxygen atoms in total. The molecule has 0 bridgehead atoms. The highest BCUT2D eigenvalue weighted by atomic mass is 127. The van der Waals surface area contributed by atoms with E-state index in [9.17, 15) is 4.79 Å². The third kappa shape index (κ3) is 14.8. The van der Waals surface area contributed by atoms with Crippen LogP contribution in [0.25, 0.3) is 0 Å². The number of halogens is 1. The van der Waals surface area contributed by atoms with Crippen LogP contribution in [0.2, 0.25) is 36.3 Å². The lowest BCUT2D eigenvalue weighted by molar-refractivity contribution is -0.251. The standard InChI is InChI=1S/C57H99IO10Si2/c1-18-35(2)29-49-39(6)45(51(65-49)34-50-38(5)36(3)30-42(63-50)19-22-46-37(4)31-43(62-46)21-24-52-60-27-28-61-52)33-41(59)32-44-20-23-47-53(64-44)40(7)54(68-70(16,17)57(11,12)13)55(66-47)48(25-26-58)67-69(14,15)56(8,9)10/h25-26,35-36,39-40,42-55H,4-5,18-24,27-34H2,1-3,6-17H3/b26-25+/t35-,36-,39-,40+,42+,43+,44-,45-,46+,47+,48+,49-,50-,51+,53-,54+,55+/m1/s1. The first-order chi connectivity index (χ1) is 32.7. The number of fused-ring (bicyclic) bond motifs is 1. The van der Waals surface area contributed by atoms with Crippen molar-refractivity contribution in [1.29, 1.82) is 0 Å². The van der Waals surface area contributed by atoms with Crippen LogP contribution >= 0.6 is 22.6 Å². The molecule has 0 radical (unpaired) electrons. The summed E-state index contributed by atoms with van der Waals surface area (Å²) in [4.78, 5) is 14.5. The first-order valence-electron chi connectivity index (χ1n) is 27.7. The van der Waals surface area contributed by atoms with Gasteiger partial charge in [0.1, 0.15) is 11.9 Å². The highest BCUT2D eigenvalue weighted by molar-refractivity contribution is 14.1. The van der Waals surface area contributed by atoms with Crippen LogP contribution in [-0.4, -0.2) is 115 Å². The Bertz CT molecular complexity index is 1750. The van der Waals surface area contributed by atoms with Crippen LogP contribution in [-0.2, 0) is 46.8 Å². The normalized spacial score (nSPS) is 37.1. The zero-order valence-electron chi connectivity index (χ0n) is 46.5. The van der Waals surface area contributed by atoms with E-state index in [1.165, 1.54) is 5.57 Å². The van der Waals surface area contributed by atoms with E-state index in [0.29, 0.717) is 37.9 Å².